The number of phenolic OH excluding ortho intramolecular Hbond substituents is 1. The number of carbonyl (C=O) groups is 1. The van der Waals surface area contributed by atoms with Gasteiger partial charge in [-0.15, -0.1) is 0 Å². The van der Waals surface area contributed by atoms with Gasteiger partial charge in [-0.25, -0.2) is 0 Å². The second kappa shape index (κ2) is 10.9. The van der Waals surface area contributed by atoms with Crippen LogP contribution in [-0.2, 0) is 0 Å². The summed E-state index contributed by atoms with van der Waals surface area (Å²) in [5.41, 5.74) is 0.521. The Morgan fingerprint density at radius 1 is 1.10 bits per heavy atom. The Balaban J connectivity index is 2.09. The van der Waals surface area contributed by atoms with E-state index in [9.17, 15) is 9.90 Å². The van der Waals surface area contributed by atoms with E-state index >= 15 is 0 Å². The Morgan fingerprint density at radius 3 is 2.33 bits per heavy atom. The third-order valence-corrected chi connectivity index (χ3v) is 4.44. The summed E-state index contributed by atoms with van der Waals surface area (Å²) < 4.78 is 0.757. The molecule has 118 valence electrons. The van der Waals surface area contributed by atoms with Crippen LogP contribution in [0.15, 0.2) is 18.2 Å². The van der Waals surface area contributed by atoms with Gasteiger partial charge in [-0.3, -0.25) is 4.79 Å². The van der Waals surface area contributed by atoms with Crippen molar-refractivity contribution in [1.82, 2.24) is 5.32 Å². The zero-order valence-corrected chi connectivity index (χ0v) is 15.0. The lowest BCUT2D eigenvalue weighted by molar-refractivity contribution is 0.0952. The Hall–Kier alpha value is -0.780. The van der Waals surface area contributed by atoms with Crippen molar-refractivity contribution in [2.45, 2.75) is 58.3 Å². The molecule has 0 bridgehead atoms. The number of halogens is 1. The van der Waals surface area contributed by atoms with Gasteiger partial charge in [-0.05, 0) is 47.2 Å². The number of unbranched alkanes of at least 4 members (excludes halogenated alkanes) is 7. The number of phenols is 1. The number of benzene rings is 1. The Kier molecular flexibility index (Phi) is 9.46. The number of nitrogens with one attached hydrogen (secondary N) is 1. The van der Waals surface area contributed by atoms with Gasteiger partial charge in [-0.1, -0.05) is 51.9 Å². The van der Waals surface area contributed by atoms with Crippen molar-refractivity contribution in [2.75, 3.05) is 6.54 Å². The van der Waals surface area contributed by atoms with Crippen LogP contribution in [0.4, 0.5) is 0 Å². The Labute approximate surface area is 141 Å². The second-order valence-electron chi connectivity index (χ2n) is 5.40. The van der Waals surface area contributed by atoms with Gasteiger partial charge in [0.1, 0.15) is 5.75 Å². The molecule has 0 aromatic heterocycles. The lowest BCUT2D eigenvalue weighted by Gasteiger charge is -2.06. The van der Waals surface area contributed by atoms with Crippen LogP contribution >= 0.6 is 22.6 Å². The maximum Gasteiger partial charge on any atom is 0.251 e. The van der Waals surface area contributed by atoms with E-state index in [-0.39, 0.29) is 11.7 Å². The number of rotatable bonds is 10. The summed E-state index contributed by atoms with van der Waals surface area (Å²) in [6.07, 6.45) is 10.1. The van der Waals surface area contributed by atoms with E-state index in [1.165, 1.54) is 51.0 Å². The van der Waals surface area contributed by atoms with E-state index in [0.29, 0.717) is 12.1 Å². The van der Waals surface area contributed by atoms with Gasteiger partial charge in [0.15, 0.2) is 0 Å². The van der Waals surface area contributed by atoms with Crippen LogP contribution in [0.1, 0.15) is 68.6 Å². The van der Waals surface area contributed by atoms with Gasteiger partial charge in [0.25, 0.3) is 5.91 Å². The van der Waals surface area contributed by atoms with Gasteiger partial charge in [-0.2, -0.15) is 0 Å². The molecule has 2 N–H and O–H groups in total. The third kappa shape index (κ3) is 7.69. The molecule has 4 heteroatoms. The fraction of sp³-hybridized carbons (Fsp3) is 0.588. The van der Waals surface area contributed by atoms with E-state index in [1.54, 1.807) is 12.1 Å². The Morgan fingerprint density at radius 2 is 1.71 bits per heavy atom. The minimum atomic E-state index is -0.107. The van der Waals surface area contributed by atoms with Crippen molar-refractivity contribution in [2.24, 2.45) is 0 Å². The lowest BCUT2D eigenvalue weighted by Crippen LogP contribution is -2.24. The first kappa shape index (κ1) is 18.3. The summed E-state index contributed by atoms with van der Waals surface area (Å²) >= 11 is 2.04. The van der Waals surface area contributed by atoms with Gasteiger partial charge in [0.05, 0.1) is 3.57 Å². The van der Waals surface area contributed by atoms with Crippen molar-refractivity contribution in [3.05, 3.63) is 27.3 Å². The maximum atomic E-state index is 11.9. The maximum absolute atomic E-state index is 11.9. The standard InChI is InChI=1S/C17H26INO2/c1-2-3-4-5-6-7-8-9-12-19-17(21)14-10-11-15(18)16(20)13-14/h10-11,13,20H,2-9,12H2,1H3,(H,19,21). The van der Waals surface area contributed by atoms with Crippen LogP contribution in [0.3, 0.4) is 0 Å². The molecule has 0 radical (unpaired) electrons. The Bertz CT molecular complexity index is 435. The molecule has 1 rings (SSSR count). The quantitative estimate of drug-likeness (QED) is 0.433. The highest BCUT2D eigenvalue weighted by molar-refractivity contribution is 14.1. The molecule has 0 aliphatic heterocycles. The monoisotopic (exact) mass is 403 g/mol. The molecule has 1 aromatic carbocycles. The minimum Gasteiger partial charge on any atom is -0.507 e. The molecule has 0 fully saturated rings. The summed E-state index contributed by atoms with van der Waals surface area (Å²) in [7, 11) is 0. The van der Waals surface area contributed by atoms with Crippen molar-refractivity contribution in [3.63, 3.8) is 0 Å². The molecule has 21 heavy (non-hydrogen) atoms. The van der Waals surface area contributed by atoms with Crippen molar-refractivity contribution in [3.8, 4) is 5.75 Å². The predicted octanol–water partition coefficient (Wildman–Crippen LogP) is 4.87. The molecule has 0 saturated heterocycles. The highest BCUT2D eigenvalue weighted by Crippen LogP contribution is 2.20. The van der Waals surface area contributed by atoms with Crippen molar-refractivity contribution >= 4 is 28.5 Å². The molecule has 0 heterocycles. The van der Waals surface area contributed by atoms with Crippen LogP contribution in [0.2, 0.25) is 0 Å². The van der Waals surface area contributed by atoms with Crippen LogP contribution in [0, 0.1) is 3.57 Å². The number of carbonyl (C=O) groups excluding carboxylic acids is 1. The van der Waals surface area contributed by atoms with E-state index in [1.807, 2.05) is 22.6 Å². The summed E-state index contributed by atoms with van der Waals surface area (Å²) in [5, 5.41) is 12.5. The van der Waals surface area contributed by atoms with Crippen LogP contribution in [-0.4, -0.2) is 17.6 Å². The summed E-state index contributed by atoms with van der Waals surface area (Å²) in [6, 6.07) is 5.01. The minimum absolute atomic E-state index is 0.107. The molecular weight excluding hydrogens is 377 g/mol. The SMILES string of the molecule is CCCCCCCCCCNC(=O)c1ccc(I)c(O)c1. The third-order valence-electron chi connectivity index (χ3n) is 3.52. The number of aromatic hydroxyl groups is 1. The molecule has 0 unspecified atom stereocenters. The zero-order chi connectivity index (χ0) is 15.5. The average Bonchev–Trinajstić information content (AvgIpc) is 2.48. The molecule has 0 aliphatic carbocycles. The molecule has 3 nitrogen and oxygen atoms in total. The normalized spacial score (nSPS) is 10.6. The van der Waals surface area contributed by atoms with Gasteiger partial charge in [0, 0.05) is 12.1 Å². The second-order valence-corrected chi connectivity index (χ2v) is 6.56. The highest BCUT2D eigenvalue weighted by atomic mass is 127. The van der Waals surface area contributed by atoms with Crippen LogP contribution in [0.25, 0.3) is 0 Å². The summed E-state index contributed by atoms with van der Waals surface area (Å²) in [4.78, 5) is 11.9. The molecule has 1 aromatic rings. The molecular formula is C17H26INO2. The first-order chi connectivity index (χ1) is 10.1. The van der Waals surface area contributed by atoms with Crippen LogP contribution < -0.4 is 5.32 Å². The molecule has 0 aliphatic rings. The van der Waals surface area contributed by atoms with Gasteiger partial charge < -0.3 is 10.4 Å². The van der Waals surface area contributed by atoms with Gasteiger partial charge >= 0.3 is 0 Å². The smallest absolute Gasteiger partial charge is 0.251 e. The van der Waals surface area contributed by atoms with Gasteiger partial charge in [0.2, 0.25) is 0 Å². The van der Waals surface area contributed by atoms with E-state index in [4.69, 9.17) is 0 Å². The molecule has 1 amide bonds. The van der Waals surface area contributed by atoms with E-state index < -0.39 is 0 Å². The largest absolute Gasteiger partial charge is 0.507 e. The average molecular weight is 403 g/mol. The fourth-order valence-corrected chi connectivity index (χ4v) is 2.55. The van der Waals surface area contributed by atoms with E-state index in [2.05, 4.69) is 12.2 Å². The zero-order valence-electron chi connectivity index (χ0n) is 12.8. The number of hydrogen-bond acceptors (Lipinski definition) is 2. The first-order valence-corrected chi connectivity index (χ1v) is 8.99. The predicted molar refractivity (Wildman–Crippen MR) is 95.8 cm³/mol. The number of hydrogen-bond donors (Lipinski definition) is 2. The lowest BCUT2D eigenvalue weighted by atomic mass is 10.1. The molecule has 0 saturated carbocycles. The fourth-order valence-electron chi connectivity index (χ4n) is 2.22. The summed E-state index contributed by atoms with van der Waals surface area (Å²) in [6.45, 7) is 2.94. The number of amides is 1. The summed E-state index contributed by atoms with van der Waals surface area (Å²) in [5.74, 6) is 0.0555. The molecule has 0 spiro atoms. The van der Waals surface area contributed by atoms with Crippen LogP contribution in [0.5, 0.6) is 5.75 Å². The van der Waals surface area contributed by atoms with Crippen molar-refractivity contribution in [1.29, 1.82) is 0 Å². The first-order valence-electron chi connectivity index (χ1n) is 7.92. The molecule has 0 atom stereocenters. The highest BCUT2D eigenvalue weighted by Gasteiger charge is 2.07. The van der Waals surface area contributed by atoms with Crippen molar-refractivity contribution < 1.29 is 9.90 Å². The van der Waals surface area contributed by atoms with E-state index in [0.717, 1.165) is 9.99 Å². The topological polar surface area (TPSA) is 49.3 Å².